The molecule has 0 bridgehead atoms. The number of nitro groups is 1. The second-order valence-electron chi connectivity index (χ2n) is 5.23. The molecule has 0 aromatic carbocycles. The van der Waals surface area contributed by atoms with Crippen LogP contribution in [-0.2, 0) is 14.3 Å². The first-order valence-corrected chi connectivity index (χ1v) is 6.55. The Bertz CT molecular complexity index is 658. The third-order valence-corrected chi connectivity index (χ3v) is 3.78. The number of aliphatic hydroxyl groups excluding tert-OH is 2. The number of hydrogen-bond acceptors (Lipinski definition) is 9. The summed E-state index contributed by atoms with van der Waals surface area (Å²) in [5.41, 5.74) is -2.59. The highest BCUT2D eigenvalue weighted by Crippen LogP contribution is 2.41. The summed E-state index contributed by atoms with van der Waals surface area (Å²) in [6, 6.07) is 0. The molecule has 0 aliphatic carbocycles. The Hall–Kier alpha value is -2.21. The SMILES string of the molecule is CC(=O)C(O)[C@H]1O[C@@H](n2ccnc2[N+](=O)[O-])[C@@](O)(C(C)=O)[C@@H]1O. The zero-order chi connectivity index (χ0) is 17.5. The minimum Gasteiger partial charge on any atom is -0.390 e. The maximum Gasteiger partial charge on any atom is 0.436 e. The lowest BCUT2D eigenvalue weighted by Crippen LogP contribution is -2.54. The van der Waals surface area contributed by atoms with Crippen LogP contribution in [-0.4, -0.2) is 65.3 Å². The molecule has 0 radical (unpaired) electrons. The van der Waals surface area contributed by atoms with Gasteiger partial charge >= 0.3 is 5.95 Å². The second-order valence-corrected chi connectivity index (χ2v) is 5.23. The van der Waals surface area contributed by atoms with Crippen LogP contribution in [0.3, 0.4) is 0 Å². The van der Waals surface area contributed by atoms with Crippen LogP contribution < -0.4 is 0 Å². The van der Waals surface area contributed by atoms with Crippen LogP contribution in [0.2, 0.25) is 0 Å². The molecule has 11 heteroatoms. The second kappa shape index (κ2) is 5.77. The number of aliphatic hydroxyl groups is 3. The van der Waals surface area contributed by atoms with E-state index in [1.165, 1.54) is 0 Å². The highest BCUT2D eigenvalue weighted by Gasteiger charge is 2.63. The predicted octanol–water partition coefficient (Wildman–Crippen LogP) is -1.68. The fourth-order valence-electron chi connectivity index (χ4n) is 2.49. The van der Waals surface area contributed by atoms with Crippen molar-refractivity contribution < 1.29 is 34.6 Å². The number of carbonyl (C=O) groups excluding carboxylic acids is 2. The summed E-state index contributed by atoms with van der Waals surface area (Å²) in [4.78, 5) is 36.7. The molecule has 1 unspecified atom stereocenters. The molecule has 1 fully saturated rings. The van der Waals surface area contributed by atoms with Crippen molar-refractivity contribution in [2.24, 2.45) is 0 Å². The highest BCUT2D eigenvalue weighted by molar-refractivity contribution is 5.87. The normalized spacial score (nSPS) is 31.8. The molecule has 1 aromatic heterocycles. The van der Waals surface area contributed by atoms with E-state index in [1.54, 1.807) is 0 Å². The van der Waals surface area contributed by atoms with Gasteiger partial charge in [-0.25, -0.2) is 0 Å². The summed E-state index contributed by atoms with van der Waals surface area (Å²) in [5, 5.41) is 41.5. The van der Waals surface area contributed by atoms with Crippen molar-refractivity contribution in [2.45, 2.75) is 44.0 Å². The summed E-state index contributed by atoms with van der Waals surface area (Å²) in [5.74, 6) is -2.45. The van der Waals surface area contributed by atoms with Gasteiger partial charge in [-0.2, -0.15) is 4.57 Å². The van der Waals surface area contributed by atoms with E-state index in [9.17, 15) is 35.0 Å². The molecule has 0 amide bonds. The number of ketones is 2. The van der Waals surface area contributed by atoms with Crippen LogP contribution in [0.5, 0.6) is 0 Å². The number of ether oxygens (including phenoxy) is 1. The third-order valence-electron chi connectivity index (χ3n) is 3.78. The van der Waals surface area contributed by atoms with Gasteiger partial charge in [0.05, 0.1) is 0 Å². The average molecular weight is 329 g/mol. The first kappa shape index (κ1) is 17.1. The van der Waals surface area contributed by atoms with Crippen LogP contribution in [0.4, 0.5) is 5.95 Å². The van der Waals surface area contributed by atoms with Crippen LogP contribution >= 0.6 is 0 Å². The maximum atomic E-state index is 11.8. The first-order valence-electron chi connectivity index (χ1n) is 6.55. The van der Waals surface area contributed by atoms with Gasteiger partial charge in [-0.15, -0.1) is 0 Å². The molecule has 1 saturated heterocycles. The van der Waals surface area contributed by atoms with Gasteiger partial charge in [0.15, 0.2) is 11.6 Å². The molecule has 2 rings (SSSR count). The maximum absolute atomic E-state index is 11.8. The average Bonchev–Trinajstić information content (AvgIpc) is 3.03. The standard InChI is InChI=1S/C12H15N3O8/c1-5(16)7(18)8-9(19)12(20,6(2)17)10(23-8)14-4-3-13-11(14)15(21)22/h3-4,7-10,18-20H,1-2H3/t7?,8-,9-,10-,12-/m1/s1. The Balaban J connectivity index is 2.53. The summed E-state index contributed by atoms with van der Waals surface area (Å²) in [7, 11) is 0. The fourth-order valence-corrected chi connectivity index (χ4v) is 2.49. The summed E-state index contributed by atoms with van der Waals surface area (Å²) >= 11 is 0. The predicted molar refractivity (Wildman–Crippen MR) is 71.1 cm³/mol. The zero-order valence-electron chi connectivity index (χ0n) is 12.2. The first-order chi connectivity index (χ1) is 10.6. The fraction of sp³-hybridized carbons (Fsp3) is 0.583. The zero-order valence-corrected chi connectivity index (χ0v) is 12.2. The van der Waals surface area contributed by atoms with Crippen molar-refractivity contribution in [3.8, 4) is 0 Å². The lowest BCUT2D eigenvalue weighted by atomic mass is 9.88. The summed E-state index contributed by atoms with van der Waals surface area (Å²) < 4.78 is 5.98. The third kappa shape index (κ3) is 2.53. The van der Waals surface area contributed by atoms with E-state index >= 15 is 0 Å². The van der Waals surface area contributed by atoms with Crippen molar-refractivity contribution in [3.63, 3.8) is 0 Å². The molecule has 23 heavy (non-hydrogen) atoms. The van der Waals surface area contributed by atoms with Gasteiger partial charge in [-0.3, -0.25) is 9.59 Å². The molecule has 0 spiro atoms. The van der Waals surface area contributed by atoms with Crippen LogP contribution in [0.15, 0.2) is 12.4 Å². The van der Waals surface area contributed by atoms with E-state index in [-0.39, 0.29) is 0 Å². The Morgan fingerprint density at radius 1 is 1.52 bits per heavy atom. The molecule has 3 N–H and O–H groups in total. The molecule has 1 aromatic rings. The largest absolute Gasteiger partial charge is 0.436 e. The van der Waals surface area contributed by atoms with Gasteiger partial charge < -0.3 is 30.2 Å². The topological polar surface area (TPSA) is 165 Å². The monoisotopic (exact) mass is 329 g/mol. The van der Waals surface area contributed by atoms with Gasteiger partial charge in [0.25, 0.3) is 0 Å². The number of nitrogens with zero attached hydrogens (tertiary/aromatic N) is 3. The smallest absolute Gasteiger partial charge is 0.390 e. The molecular formula is C12H15N3O8. The number of carbonyl (C=O) groups is 2. The van der Waals surface area contributed by atoms with E-state index in [0.717, 1.165) is 30.8 Å². The number of aromatic nitrogens is 2. The molecule has 2 heterocycles. The molecule has 126 valence electrons. The van der Waals surface area contributed by atoms with Crippen molar-refractivity contribution in [1.82, 2.24) is 9.55 Å². The van der Waals surface area contributed by atoms with Crippen molar-refractivity contribution in [2.75, 3.05) is 0 Å². The molecule has 5 atom stereocenters. The molecule has 0 saturated carbocycles. The molecule has 1 aliphatic heterocycles. The Kier molecular flexibility index (Phi) is 4.30. The van der Waals surface area contributed by atoms with E-state index in [4.69, 9.17) is 4.74 Å². The van der Waals surface area contributed by atoms with Crippen LogP contribution in [0.1, 0.15) is 20.1 Å². The minimum absolute atomic E-state index is 0.736. The Morgan fingerprint density at radius 2 is 2.13 bits per heavy atom. The lowest BCUT2D eigenvalue weighted by Gasteiger charge is -2.27. The van der Waals surface area contributed by atoms with E-state index in [0.29, 0.717) is 0 Å². The number of Topliss-reactive ketones (excluding diaryl/α,β-unsaturated/α-hetero) is 2. The van der Waals surface area contributed by atoms with Gasteiger partial charge in [0.2, 0.25) is 11.8 Å². The van der Waals surface area contributed by atoms with Gasteiger partial charge in [-0.05, 0) is 18.8 Å². The molecule has 1 aliphatic rings. The highest BCUT2D eigenvalue weighted by atomic mass is 16.6. The number of hydrogen-bond donors (Lipinski definition) is 3. The van der Waals surface area contributed by atoms with Gasteiger partial charge in [0.1, 0.15) is 30.7 Å². The number of imidazole rings is 1. The van der Waals surface area contributed by atoms with E-state index < -0.39 is 52.6 Å². The molecule has 11 nitrogen and oxygen atoms in total. The Labute approximate surface area is 129 Å². The van der Waals surface area contributed by atoms with E-state index in [1.807, 2.05) is 0 Å². The van der Waals surface area contributed by atoms with Crippen molar-refractivity contribution >= 4 is 17.5 Å². The van der Waals surface area contributed by atoms with E-state index in [2.05, 4.69) is 4.98 Å². The number of rotatable bonds is 5. The quantitative estimate of drug-likeness (QED) is 0.422. The van der Waals surface area contributed by atoms with Gasteiger partial charge in [-0.1, -0.05) is 4.98 Å². The van der Waals surface area contributed by atoms with Crippen LogP contribution in [0, 0.1) is 10.1 Å². The van der Waals surface area contributed by atoms with Crippen LogP contribution in [0.25, 0.3) is 0 Å². The lowest BCUT2D eigenvalue weighted by molar-refractivity contribution is -0.399. The molecular weight excluding hydrogens is 314 g/mol. The Morgan fingerprint density at radius 3 is 2.61 bits per heavy atom. The van der Waals surface area contributed by atoms with Gasteiger partial charge in [0, 0.05) is 0 Å². The van der Waals surface area contributed by atoms with Crippen molar-refractivity contribution in [3.05, 3.63) is 22.5 Å². The summed E-state index contributed by atoms with van der Waals surface area (Å²) in [6.45, 7) is 1.98. The minimum atomic E-state index is -2.59. The van der Waals surface area contributed by atoms with Crippen molar-refractivity contribution in [1.29, 1.82) is 0 Å². The summed E-state index contributed by atoms with van der Waals surface area (Å²) in [6.07, 6.45) is -5.02.